The number of esters is 1. The van der Waals surface area contributed by atoms with Crippen LogP contribution in [0.4, 0.5) is 0 Å². The van der Waals surface area contributed by atoms with Gasteiger partial charge in [0.1, 0.15) is 0 Å². The molecule has 0 spiro atoms. The predicted octanol–water partition coefficient (Wildman–Crippen LogP) is 5.82. The Morgan fingerprint density at radius 3 is 1.58 bits per heavy atom. The lowest BCUT2D eigenvalue weighted by atomic mass is 10.1. The summed E-state index contributed by atoms with van der Waals surface area (Å²) >= 11 is 0. The third-order valence-electron chi connectivity index (χ3n) is 4.21. The van der Waals surface area contributed by atoms with E-state index in [1.54, 1.807) is 0 Å². The lowest BCUT2D eigenvalue weighted by Crippen LogP contribution is -1.97. The van der Waals surface area contributed by atoms with E-state index in [0.717, 1.165) is 38.6 Å². The highest BCUT2D eigenvalue weighted by molar-refractivity contribution is 5.80. The first-order chi connectivity index (χ1) is 12.7. The topological polar surface area (TPSA) is 55.8 Å². The summed E-state index contributed by atoms with van der Waals surface area (Å²) in [5.41, 5.74) is 0. The molecule has 0 saturated heterocycles. The first-order valence-corrected chi connectivity index (χ1v) is 10.6. The molecule has 0 rings (SSSR count). The highest BCUT2D eigenvalue weighted by atomic mass is 16.5. The zero-order valence-corrected chi connectivity index (χ0v) is 17.5. The Labute approximate surface area is 162 Å². The largest absolute Gasteiger partial charge is 0.466 e. The summed E-state index contributed by atoms with van der Waals surface area (Å²) in [6, 6.07) is 0. The van der Waals surface area contributed by atoms with Crippen molar-refractivity contribution >= 4 is 5.97 Å². The van der Waals surface area contributed by atoms with Gasteiger partial charge in [0.25, 0.3) is 0 Å². The molecule has 0 radical (unpaired) electrons. The van der Waals surface area contributed by atoms with Gasteiger partial charge in [-0.2, -0.15) is 0 Å². The van der Waals surface area contributed by atoms with Gasteiger partial charge in [0.15, 0.2) is 0 Å². The van der Waals surface area contributed by atoms with Crippen molar-refractivity contribution < 1.29 is 19.4 Å². The number of hydrogen-bond donors (Lipinski definition) is 1. The second-order valence-corrected chi connectivity index (χ2v) is 6.66. The van der Waals surface area contributed by atoms with Crippen molar-refractivity contribution in [3.63, 3.8) is 0 Å². The fourth-order valence-electron chi connectivity index (χ4n) is 2.55. The number of aliphatic hydroxyl groups is 1. The van der Waals surface area contributed by atoms with Crippen LogP contribution < -0.4 is 0 Å². The molecule has 0 aromatic rings. The minimum Gasteiger partial charge on any atom is -0.466 e. The van der Waals surface area contributed by atoms with E-state index >= 15 is 0 Å². The fraction of sp³-hybridized carbons (Fsp3) is 0.864. The van der Waals surface area contributed by atoms with Crippen molar-refractivity contribution in [1.82, 2.24) is 0 Å². The zero-order chi connectivity index (χ0) is 19.7. The van der Waals surface area contributed by atoms with Crippen LogP contribution in [-0.4, -0.2) is 38.0 Å². The van der Waals surface area contributed by atoms with Crippen molar-refractivity contribution in [2.75, 3.05) is 26.9 Å². The minimum absolute atomic E-state index is 0.333. The average Bonchev–Trinajstić information content (AvgIpc) is 2.67. The van der Waals surface area contributed by atoms with Crippen LogP contribution in [0.15, 0.2) is 12.7 Å². The monoisotopic (exact) mass is 372 g/mol. The highest BCUT2D eigenvalue weighted by Crippen LogP contribution is 2.10. The summed E-state index contributed by atoms with van der Waals surface area (Å²) in [6.45, 7) is 7.61. The lowest BCUT2D eigenvalue weighted by Gasteiger charge is -2.04. The van der Waals surface area contributed by atoms with Gasteiger partial charge in [-0.25, -0.2) is 4.79 Å². The molecule has 4 heteroatoms. The Kier molecular flexibility index (Phi) is 27.7. The van der Waals surface area contributed by atoms with Crippen LogP contribution in [0.25, 0.3) is 0 Å². The van der Waals surface area contributed by atoms with Crippen molar-refractivity contribution in [1.29, 1.82) is 0 Å². The van der Waals surface area contributed by atoms with Gasteiger partial charge in [0, 0.05) is 25.9 Å². The number of carbonyl (C=O) groups is 1. The molecule has 0 atom stereocenters. The van der Waals surface area contributed by atoms with Gasteiger partial charge in [-0.05, 0) is 19.3 Å². The smallest absolute Gasteiger partial charge is 0.329 e. The third kappa shape index (κ3) is 28.0. The lowest BCUT2D eigenvalue weighted by molar-refractivity contribution is -0.134. The Morgan fingerprint density at radius 1 is 0.808 bits per heavy atom. The van der Waals surface area contributed by atoms with Crippen molar-refractivity contribution in [2.24, 2.45) is 0 Å². The van der Waals surface area contributed by atoms with Crippen LogP contribution >= 0.6 is 0 Å². The van der Waals surface area contributed by atoms with Gasteiger partial charge >= 0.3 is 5.97 Å². The molecular formula is C22H44O4. The molecule has 0 fully saturated rings. The number of methoxy groups -OCH3 is 1. The van der Waals surface area contributed by atoms with Crippen LogP contribution in [0, 0.1) is 0 Å². The van der Waals surface area contributed by atoms with E-state index in [9.17, 15) is 4.79 Å². The van der Waals surface area contributed by atoms with E-state index in [1.807, 2.05) is 0 Å². The van der Waals surface area contributed by atoms with Crippen LogP contribution in [-0.2, 0) is 14.3 Å². The van der Waals surface area contributed by atoms with Crippen LogP contribution in [0.2, 0.25) is 0 Å². The standard InChI is InChI=1S/C18H38O2.C4H6O2/c1-2-3-4-5-6-7-8-9-11-14-17-20-18-15-12-10-13-16-19;1-3-4(5)6-2/h19H,2-18H2,1H3;3H,1H2,2H3. The Bertz CT molecular complexity index is 261. The molecule has 0 aliphatic heterocycles. The van der Waals surface area contributed by atoms with Crippen LogP contribution in [0.5, 0.6) is 0 Å². The average molecular weight is 373 g/mol. The normalized spacial score (nSPS) is 10.1. The van der Waals surface area contributed by atoms with Gasteiger partial charge in [-0.1, -0.05) is 84.1 Å². The summed E-state index contributed by atoms with van der Waals surface area (Å²) in [5.74, 6) is -0.394. The van der Waals surface area contributed by atoms with Crippen molar-refractivity contribution in [3.8, 4) is 0 Å². The summed E-state index contributed by atoms with van der Waals surface area (Å²) in [6.07, 6.45) is 19.4. The van der Waals surface area contributed by atoms with Crippen molar-refractivity contribution in [3.05, 3.63) is 12.7 Å². The molecule has 0 unspecified atom stereocenters. The first-order valence-electron chi connectivity index (χ1n) is 10.6. The Morgan fingerprint density at radius 2 is 1.23 bits per heavy atom. The van der Waals surface area contributed by atoms with E-state index in [4.69, 9.17) is 9.84 Å². The zero-order valence-electron chi connectivity index (χ0n) is 17.5. The van der Waals surface area contributed by atoms with Crippen molar-refractivity contribution in [2.45, 2.75) is 96.8 Å². The molecule has 0 aromatic heterocycles. The molecule has 0 saturated carbocycles. The first kappa shape index (κ1) is 27.3. The minimum atomic E-state index is -0.394. The van der Waals surface area contributed by atoms with Gasteiger partial charge in [-0.15, -0.1) is 0 Å². The maximum Gasteiger partial charge on any atom is 0.329 e. The van der Waals surface area contributed by atoms with E-state index < -0.39 is 5.97 Å². The molecule has 0 heterocycles. The Balaban J connectivity index is 0. The van der Waals surface area contributed by atoms with Gasteiger partial charge in [0.05, 0.1) is 7.11 Å². The number of carbonyl (C=O) groups excluding carboxylic acids is 1. The third-order valence-corrected chi connectivity index (χ3v) is 4.21. The van der Waals surface area contributed by atoms with Crippen LogP contribution in [0.3, 0.4) is 0 Å². The van der Waals surface area contributed by atoms with Gasteiger partial charge in [-0.3, -0.25) is 0 Å². The molecule has 0 aliphatic carbocycles. The summed E-state index contributed by atoms with van der Waals surface area (Å²) < 4.78 is 9.77. The quantitative estimate of drug-likeness (QED) is 0.187. The SMILES string of the molecule is C=CC(=O)OC.CCCCCCCCCCCCOCCCCCCO. The highest BCUT2D eigenvalue weighted by Gasteiger charge is 1.94. The molecule has 0 bridgehead atoms. The maximum atomic E-state index is 9.84. The molecule has 0 aromatic carbocycles. The number of rotatable bonds is 18. The Hall–Kier alpha value is -0.870. The molecule has 0 aliphatic rings. The fourth-order valence-corrected chi connectivity index (χ4v) is 2.55. The van der Waals surface area contributed by atoms with E-state index in [1.165, 1.54) is 77.7 Å². The second-order valence-electron chi connectivity index (χ2n) is 6.66. The molecule has 4 nitrogen and oxygen atoms in total. The molecule has 1 N–H and O–H groups in total. The van der Waals surface area contributed by atoms with E-state index in [2.05, 4.69) is 18.2 Å². The number of unbranched alkanes of at least 4 members (excludes halogenated alkanes) is 12. The van der Waals surface area contributed by atoms with E-state index in [0.29, 0.717) is 6.61 Å². The van der Waals surface area contributed by atoms with Crippen LogP contribution in [0.1, 0.15) is 96.8 Å². The van der Waals surface area contributed by atoms with Gasteiger partial charge in [0.2, 0.25) is 0 Å². The molecule has 26 heavy (non-hydrogen) atoms. The van der Waals surface area contributed by atoms with Gasteiger partial charge < -0.3 is 14.6 Å². The van der Waals surface area contributed by atoms with E-state index in [-0.39, 0.29) is 0 Å². The summed E-state index contributed by atoms with van der Waals surface area (Å²) in [5, 5.41) is 8.65. The second kappa shape index (κ2) is 26.4. The molecule has 156 valence electrons. The molecular weight excluding hydrogens is 328 g/mol. The predicted molar refractivity (Wildman–Crippen MR) is 110 cm³/mol. The number of aliphatic hydroxyl groups excluding tert-OH is 1. The number of ether oxygens (including phenoxy) is 2. The number of hydrogen-bond acceptors (Lipinski definition) is 4. The molecule has 0 amide bonds. The summed E-state index contributed by atoms with van der Waals surface area (Å²) in [4.78, 5) is 9.84. The maximum absolute atomic E-state index is 9.84. The summed E-state index contributed by atoms with van der Waals surface area (Å²) in [7, 11) is 1.31.